The molecule has 1 nitrogen and oxygen atoms in total. The summed E-state index contributed by atoms with van der Waals surface area (Å²) >= 11 is 7.09. The van der Waals surface area contributed by atoms with E-state index in [9.17, 15) is 0 Å². The molecule has 1 aromatic heterocycles. The lowest BCUT2D eigenvalue weighted by Gasteiger charge is -1.98. The molecule has 0 amide bonds. The van der Waals surface area contributed by atoms with Crippen LogP contribution in [0.4, 0.5) is 0 Å². The molecule has 3 heterocycles. The number of aromatic nitrogens is 1. The van der Waals surface area contributed by atoms with Crippen molar-refractivity contribution in [2.45, 2.75) is 0 Å². The zero-order chi connectivity index (χ0) is 12.2. The number of pyridine rings is 1. The van der Waals surface area contributed by atoms with Crippen molar-refractivity contribution in [2.24, 2.45) is 0 Å². The molecule has 0 saturated heterocycles. The van der Waals surface area contributed by atoms with Gasteiger partial charge in [0.2, 0.25) is 0 Å². The van der Waals surface area contributed by atoms with Crippen LogP contribution in [0.3, 0.4) is 0 Å². The molecule has 2 aliphatic rings. The Morgan fingerprint density at radius 2 is 1.89 bits per heavy atom. The van der Waals surface area contributed by atoms with Crippen LogP contribution in [-0.4, -0.2) is 4.98 Å². The van der Waals surface area contributed by atoms with Gasteiger partial charge in [0.1, 0.15) is 0 Å². The second-order valence-corrected chi connectivity index (χ2v) is 7.56. The molecule has 1 aromatic rings. The molecule has 5 heteroatoms. The van der Waals surface area contributed by atoms with Gasteiger partial charge in [-0.05, 0) is 28.4 Å². The first-order chi connectivity index (χ1) is 8.92. The molecule has 3 rings (SSSR count). The molecule has 0 aliphatic carbocycles. The van der Waals surface area contributed by atoms with E-state index in [0.717, 1.165) is 10.5 Å². The number of rotatable bonds is 0. The minimum absolute atomic E-state index is 0.955. The highest BCUT2D eigenvalue weighted by Gasteiger charge is 2.17. The second-order valence-electron chi connectivity index (χ2n) is 3.28. The molecule has 0 N–H and O–H groups in total. The van der Waals surface area contributed by atoms with Gasteiger partial charge in [-0.15, -0.1) is 0 Å². The predicted octanol–water partition coefficient (Wildman–Crippen LogP) is 4.83. The number of hydrogen-bond donors (Lipinski definition) is 0. The van der Waals surface area contributed by atoms with Crippen LogP contribution in [0.2, 0.25) is 0 Å². The minimum atomic E-state index is 0.955. The third-order valence-electron chi connectivity index (χ3n) is 2.04. The molecule has 0 aromatic carbocycles. The van der Waals surface area contributed by atoms with Crippen LogP contribution in [0.5, 0.6) is 0 Å². The summed E-state index contributed by atoms with van der Waals surface area (Å²) in [6, 6.07) is 3.87. The van der Waals surface area contributed by atoms with E-state index >= 15 is 0 Å². The van der Waals surface area contributed by atoms with E-state index in [4.69, 9.17) is 0 Å². The van der Waals surface area contributed by atoms with Crippen molar-refractivity contribution < 1.29 is 0 Å². The fraction of sp³-hybridized carbons (Fsp3) is 0. The topological polar surface area (TPSA) is 12.9 Å². The SMILES string of the molecule is C(#Cc1cccnc1)C1=CSC(=C2SC=CS2)S1. The van der Waals surface area contributed by atoms with Gasteiger partial charge in [0, 0.05) is 18.0 Å². The summed E-state index contributed by atoms with van der Waals surface area (Å²) in [6.07, 6.45) is 3.54. The average molecular weight is 305 g/mol. The minimum Gasteiger partial charge on any atom is -0.263 e. The van der Waals surface area contributed by atoms with Gasteiger partial charge in [-0.25, -0.2) is 0 Å². The van der Waals surface area contributed by atoms with E-state index in [0.29, 0.717) is 0 Å². The summed E-state index contributed by atoms with van der Waals surface area (Å²) < 4.78 is 2.70. The smallest absolute Gasteiger partial charge is 0.0707 e. The lowest BCUT2D eigenvalue weighted by atomic mass is 10.3. The van der Waals surface area contributed by atoms with Crippen LogP contribution >= 0.6 is 47.0 Å². The number of allylic oxidation sites excluding steroid dienone is 1. The Morgan fingerprint density at radius 1 is 1.00 bits per heavy atom. The van der Waals surface area contributed by atoms with Gasteiger partial charge in [-0.1, -0.05) is 58.9 Å². The summed E-state index contributed by atoms with van der Waals surface area (Å²) in [7, 11) is 0. The second kappa shape index (κ2) is 5.98. The Hall–Kier alpha value is -0.670. The van der Waals surface area contributed by atoms with Gasteiger partial charge in [-0.2, -0.15) is 0 Å². The van der Waals surface area contributed by atoms with Crippen LogP contribution in [0.15, 0.2) is 54.1 Å². The first-order valence-electron chi connectivity index (χ1n) is 5.11. The van der Waals surface area contributed by atoms with Gasteiger partial charge in [-0.3, -0.25) is 4.98 Å². The van der Waals surface area contributed by atoms with E-state index in [-0.39, 0.29) is 0 Å². The van der Waals surface area contributed by atoms with Crippen molar-refractivity contribution in [1.29, 1.82) is 0 Å². The zero-order valence-electron chi connectivity index (χ0n) is 9.12. The summed E-state index contributed by atoms with van der Waals surface area (Å²) in [5.41, 5.74) is 0.955. The summed E-state index contributed by atoms with van der Waals surface area (Å²) in [6.45, 7) is 0. The Kier molecular flexibility index (Phi) is 4.11. The molecule has 18 heavy (non-hydrogen) atoms. The van der Waals surface area contributed by atoms with Crippen LogP contribution in [0.25, 0.3) is 0 Å². The third kappa shape index (κ3) is 3.01. The van der Waals surface area contributed by atoms with Crippen molar-refractivity contribution in [1.82, 2.24) is 4.98 Å². The summed E-state index contributed by atoms with van der Waals surface area (Å²) in [4.78, 5) is 5.16. The highest BCUT2D eigenvalue weighted by atomic mass is 32.2. The van der Waals surface area contributed by atoms with Crippen LogP contribution in [0, 0.1) is 11.8 Å². The summed E-state index contributed by atoms with van der Waals surface area (Å²) in [5, 5.41) is 6.36. The fourth-order valence-electron chi connectivity index (χ4n) is 1.27. The van der Waals surface area contributed by atoms with Crippen LogP contribution in [-0.2, 0) is 0 Å². The molecule has 2 aliphatic heterocycles. The molecular formula is C13H7NS4. The molecule has 0 atom stereocenters. The van der Waals surface area contributed by atoms with Crippen molar-refractivity contribution in [3.63, 3.8) is 0 Å². The van der Waals surface area contributed by atoms with Gasteiger partial charge in [0.25, 0.3) is 0 Å². The van der Waals surface area contributed by atoms with Crippen LogP contribution < -0.4 is 0 Å². The quantitative estimate of drug-likeness (QED) is 0.635. The van der Waals surface area contributed by atoms with Gasteiger partial charge >= 0.3 is 0 Å². The maximum Gasteiger partial charge on any atom is 0.0707 e. The van der Waals surface area contributed by atoms with Crippen molar-refractivity contribution in [3.05, 3.63) is 59.7 Å². The molecule has 0 bridgehead atoms. The normalized spacial score (nSPS) is 17.7. The monoisotopic (exact) mass is 305 g/mol. The fourth-order valence-corrected chi connectivity index (χ4v) is 5.53. The first kappa shape index (κ1) is 12.4. The predicted molar refractivity (Wildman–Crippen MR) is 85.7 cm³/mol. The van der Waals surface area contributed by atoms with E-state index in [1.54, 1.807) is 59.4 Å². The highest BCUT2D eigenvalue weighted by Crippen LogP contribution is 2.52. The van der Waals surface area contributed by atoms with E-state index < -0.39 is 0 Å². The molecular weight excluding hydrogens is 298 g/mol. The highest BCUT2D eigenvalue weighted by molar-refractivity contribution is 8.33. The van der Waals surface area contributed by atoms with E-state index in [1.165, 1.54) is 8.47 Å². The van der Waals surface area contributed by atoms with Gasteiger partial charge in [0.15, 0.2) is 0 Å². The van der Waals surface area contributed by atoms with Crippen LogP contribution in [0.1, 0.15) is 5.56 Å². The van der Waals surface area contributed by atoms with E-state index in [2.05, 4.69) is 33.0 Å². The molecule has 88 valence electrons. The molecule has 0 spiro atoms. The number of thioether (sulfide) groups is 4. The number of nitrogens with zero attached hydrogens (tertiary/aromatic N) is 1. The standard InChI is InChI=1S/C13H7NS4/c1-2-10(8-14-5-1)3-4-11-9-17-13(18-11)12-15-6-7-16-12/h1-2,5-9H. The third-order valence-corrected chi connectivity index (χ3v) is 6.98. The molecule has 0 unspecified atom stereocenters. The van der Waals surface area contributed by atoms with Gasteiger partial charge < -0.3 is 0 Å². The Balaban J connectivity index is 1.70. The largest absolute Gasteiger partial charge is 0.263 e. The molecule has 0 fully saturated rings. The Labute approximate surface area is 123 Å². The zero-order valence-corrected chi connectivity index (χ0v) is 12.4. The Bertz CT molecular complexity index is 595. The first-order valence-corrected chi connectivity index (χ1v) is 8.57. The maximum atomic E-state index is 4.05. The maximum absolute atomic E-state index is 4.05. The number of hydrogen-bond acceptors (Lipinski definition) is 5. The van der Waals surface area contributed by atoms with Crippen molar-refractivity contribution in [2.75, 3.05) is 0 Å². The molecule has 0 saturated carbocycles. The molecule has 0 radical (unpaired) electrons. The lowest BCUT2D eigenvalue weighted by Crippen LogP contribution is -1.75. The van der Waals surface area contributed by atoms with Crippen molar-refractivity contribution in [3.8, 4) is 11.8 Å². The van der Waals surface area contributed by atoms with Gasteiger partial charge in [0.05, 0.1) is 13.4 Å². The van der Waals surface area contributed by atoms with Crippen molar-refractivity contribution >= 4 is 47.0 Å². The van der Waals surface area contributed by atoms with E-state index in [1.807, 2.05) is 12.1 Å². The Morgan fingerprint density at radius 3 is 2.67 bits per heavy atom. The lowest BCUT2D eigenvalue weighted by molar-refractivity contribution is 1.31. The average Bonchev–Trinajstić information content (AvgIpc) is 3.08. The summed E-state index contributed by atoms with van der Waals surface area (Å²) in [5.74, 6) is 6.32.